The topological polar surface area (TPSA) is 26.3 Å². The SMILES string of the molecule is CCCOC(=O)CCCC(F)(F)F. The first-order valence-corrected chi connectivity index (χ1v) is 4.18. The molecule has 0 N–H and O–H groups in total. The standard InChI is InChI=1S/C8H13F3O2/c1-2-6-13-7(12)4-3-5-8(9,10)11/h2-6H2,1H3. The second-order valence-electron chi connectivity index (χ2n) is 2.69. The zero-order chi connectivity index (χ0) is 10.3. The van der Waals surface area contributed by atoms with Gasteiger partial charge in [-0.25, -0.2) is 0 Å². The fourth-order valence-corrected chi connectivity index (χ4v) is 0.721. The predicted molar refractivity (Wildman–Crippen MR) is 41.2 cm³/mol. The van der Waals surface area contributed by atoms with Gasteiger partial charge in [0.05, 0.1) is 6.61 Å². The number of halogens is 3. The maximum Gasteiger partial charge on any atom is 0.389 e. The first-order valence-electron chi connectivity index (χ1n) is 4.18. The van der Waals surface area contributed by atoms with Crippen molar-refractivity contribution in [2.75, 3.05) is 6.61 Å². The normalized spacial score (nSPS) is 11.4. The molecule has 5 heteroatoms. The second kappa shape index (κ2) is 5.83. The van der Waals surface area contributed by atoms with Gasteiger partial charge in [-0.2, -0.15) is 13.2 Å². The van der Waals surface area contributed by atoms with Gasteiger partial charge in [0.1, 0.15) is 0 Å². The van der Waals surface area contributed by atoms with E-state index in [0.29, 0.717) is 6.42 Å². The molecule has 0 bridgehead atoms. The van der Waals surface area contributed by atoms with Crippen molar-refractivity contribution in [2.24, 2.45) is 0 Å². The maximum atomic E-state index is 11.6. The molecule has 0 saturated heterocycles. The highest BCUT2D eigenvalue weighted by molar-refractivity contribution is 5.69. The van der Waals surface area contributed by atoms with E-state index in [-0.39, 0.29) is 19.4 Å². The average Bonchev–Trinajstić information content (AvgIpc) is 1.98. The molecule has 0 spiro atoms. The number of esters is 1. The molecule has 0 amide bonds. The number of ether oxygens (including phenoxy) is 1. The average molecular weight is 198 g/mol. The molecule has 0 aliphatic rings. The van der Waals surface area contributed by atoms with E-state index in [4.69, 9.17) is 0 Å². The van der Waals surface area contributed by atoms with Crippen LogP contribution in [0, 0.1) is 0 Å². The fraction of sp³-hybridized carbons (Fsp3) is 0.875. The van der Waals surface area contributed by atoms with Crippen molar-refractivity contribution in [3.05, 3.63) is 0 Å². The molecule has 0 aromatic heterocycles. The minimum Gasteiger partial charge on any atom is -0.466 e. The van der Waals surface area contributed by atoms with Gasteiger partial charge in [0, 0.05) is 12.8 Å². The molecule has 0 fully saturated rings. The summed E-state index contributed by atoms with van der Waals surface area (Å²) in [6.07, 6.45) is -4.75. The first kappa shape index (κ1) is 12.3. The van der Waals surface area contributed by atoms with E-state index in [1.54, 1.807) is 0 Å². The molecule has 2 nitrogen and oxygen atoms in total. The maximum absolute atomic E-state index is 11.6. The Balaban J connectivity index is 3.37. The van der Waals surface area contributed by atoms with Crippen LogP contribution in [0.1, 0.15) is 32.6 Å². The molecule has 0 aromatic rings. The molecule has 78 valence electrons. The lowest BCUT2D eigenvalue weighted by molar-refractivity contribution is -0.147. The molecule has 0 rings (SSSR count). The van der Waals surface area contributed by atoms with Crippen LogP contribution in [-0.4, -0.2) is 18.8 Å². The second-order valence-corrected chi connectivity index (χ2v) is 2.69. The summed E-state index contributed by atoms with van der Waals surface area (Å²) in [6, 6.07) is 0. The molecule has 0 heterocycles. The molecule has 0 aliphatic heterocycles. The third kappa shape index (κ3) is 9.17. The Hall–Kier alpha value is -0.740. The summed E-state index contributed by atoms with van der Waals surface area (Å²) in [5.74, 6) is -0.550. The third-order valence-corrected chi connectivity index (χ3v) is 1.31. The molecule has 0 radical (unpaired) electrons. The van der Waals surface area contributed by atoms with Crippen molar-refractivity contribution >= 4 is 5.97 Å². The van der Waals surface area contributed by atoms with Crippen molar-refractivity contribution in [1.82, 2.24) is 0 Å². The Bertz CT molecular complexity index is 154. The minimum absolute atomic E-state index is 0.153. The van der Waals surface area contributed by atoms with Gasteiger partial charge in [0.2, 0.25) is 0 Å². The summed E-state index contributed by atoms with van der Waals surface area (Å²) in [5, 5.41) is 0. The zero-order valence-electron chi connectivity index (χ0n) is 7.49. The summed E-state index contributed by atoms with van der Waals surface area (Å²) in [4.78, 5) is 10.7. The lowest BCUT2D eigenvalue weighted by Crippen LogP contribution is -2.10. The largest absolute Gasteiger partial charge is 0.466 e. The van der Waals surface area contributed by atoms with E-state index in [0.717, 1.165) is 0 Å². The quantitative estimate of drug-likeness (QED) is 0.635. The van der Waals surface area contributed by atoms with Crippen LogP contribution in [0.4, 0.5) is 13.2 Å². The van der Waals surface area contributed by atoms with Crippen LogP contribution in [-0.2, 0) is 9.53 Å². The molecule has 0 aromatic carbocycles. The number of hydrogen-bond donors (Lipinski definition) is 0. The van der Waals surface area contributed by atoms with Crippen molar-refractivity contribution in [3.63, 3.8) is 0 Å². The number of hydrogen-bond acceptors (Lipinski definition) is 2. The molecule has 0 aliphatic carbocycles. The monoisotopic (exact) mass is 198 g/mol. The van der Waals surface area contributed by atoms with Crippen LogP contribution in [0.3, 0.4) is 0 Å². The minimum atomic E-state index is -4.18. The Labute approximate surface area is 75.1 Å². The number of carbonyl (C=O) groups excluding carboxylic acids is 1. The first-order chi connectivity index (χ1) is 5.95. The van der Waals surface area contributed by atoms with Crippen molar-refractivity contribution < 1.29 is 22.7 Å². The summed E-state index contributed by atoms with van der Waals surface area (Å²) < 4.78 is 39.4. The Morgan fingerprint density at radius 1 is 1.38 bits per heavy atom. The summed E-state index contributed by atoms with van der Waals surface area (Å²) >= 11 is 0. The molecular formula is C8H13F3O2. The summed E-state index contributed by atoms with van der Waals surface area (Å²) in [7, 11) is 0. The van der Waals surface area contributed by atoms with Crippen LogP contribution in [0.5, 0.6) is 0 Å². The van der Waals surface area contributed by atoms with Crippen molar-refractivity contribution in [1.29, 1.82) is 0 Å². The number of alkyl halides is 3. The summed E-state index contributed by atoms with van der Waals surface area (Å²) in [6.45, 7) is 2.11. The van der Waals surface area contributed by atoms with Crippen LogP contribution < -0.4 is 0 Å². The molecule has 0 unspecified atom stereocenters. The van der Waals surface area contributed by atoms with Crippen LogP contribution in [0.25, 0.3) is 0 Å². The Morgan fingerprint density at radius 2 is 2.00 bits per heavy atom. The molecule has 0 saturated carbocycles. The number of rotatable bonds is 5. The zero-order valence-corrected chi connectivity index (χ0v) is 7.49. The van der Waals surface area contributed by atoms with Gasteiger partial charge in [-0.15, -0.1) is 0 Å². The van der Waals surface area contributed by atoms with E-state index in [1.165, 1.54) is 0 Å². The Kier molecular flexibility index (Phi) is 5.50. The Morgan fingerprint density at radius 3 is 2.46 bits per heavy atom. The molecule has 13 heavy (non-hydrogen) atoms. The third-order valence-electron chi connectivity index (χ3n) is 1.31. The van der Waals surface area contributed by atoms with Gasteiger partial charge < -0.3 is 4.74 Å². The highest BCUT2D eigenvalue weighted by atomic mass is 19.4. The highest BCUT2D eigenvalue weighted by Crippen LogP contribution is 2.22. The van der Waals surface area contributed by atoms with Crippen molar-refractivity contribution in [3.8, 4) is 0 Å². The van der Waals surface area contributed by atoms with Gasteiger partial charge in [0.15, 0.2) is 0 Å². The molecular weight excluding hydrogens is 185 g/mol. The van der Waals surface area contributed by atoms with E-state index >= 15 is 0 Å². The smallest absolute Gasteiger partial charge is 0.389 e. The van der Waals surface area contributed by atoms with Crippen LogP contribution in [0.2, 0.25) is 0 Å². The van der Waals surface area contributed by atoms with Gasteiger partial charge >= 0.3 is 12.1 Å². The van der Waals surface area contributed by atoms with E-state index < -0.39 is 18.6 Å². The van der Waals surface area contributed by atoms with Gasteiger partial charge in [-0.1, -0.05) is 6.92 Å². The van der Waals surface area contributed by atoms with Gasteiger partial charge in [-0.3, -0.25) is 4.79 Å². The highest BCUT2D eigenvalue weighted by Gasteiger charge is 2.26. The van der Waals surface area contributed by atoms with E-state index in [1.807, 2.05) is 6.92 Å². The van der Waals surface area contributed by atoms with Gasteiger partial charge in [-0.05, 0) is 12.8 Å². The van der Waals surface area contributed by atoms with E-state index in [2.05, 4.69) is 4.74 Å². The summed E-state index contributed by atoms with van der Waals surface area (Å²) in [5.41, 5.74) is 0. The lowest BCUT2D eigenvalue weighted by atomic mass is 10.2. The van der Waals surface area contributed by atoms with E-state index in [9.17, 15) is 18.0 Å². The van der Waals surface area contributed by atoms with Crippen LogP contribution in [0.15, 0.2) is 0 Å². The van der Waals surface area contributed by atoms with Crippen molar-refractivity contribution in [2.45, 2.75) is 38.8 Å². The fourth-order valence-electron chi connectivity index (χ4n) is 0.721. The van der Waals surface area contributed by atoms with Crippen LogP contribution >= 0.6 is 0 Å². The predicted octanol–water partition coefficient (Wildman–Crippen LogP) is 2.67. The van der Waals surface area contributed by atoms with Gasteiger partial charge in [0.25, 0.3) is 0 Å². The molecule has 0 atom stereocenters. The lowest BCUT2D eigenvalue weighted by Gasteiger charge is -2.05. The number of carbonyl (C=O) groups is 1.